The van der Waals surface area contributed by atoms with Crippen molar-refractivity contribution in [2.75, 3.05) is 12.4 Å². The molecule has 5 rings (SSSR count). The molecule has 0 atom stereocenters. The second-order valence-corrected chi connectivity index (χ2v) is 8.39. The van der Waals surface area contributed by atoms with Gasteiger partial charge in [-0.25, -0.2) is 4.98 Å². The van der Waals surface area contributed by atoms with Crippen LogP contribution in [0.2, 0.25) is 0 Å². The molecule has 0 aliphatic carbocycles. The van der Waals surface area contributed by atoms with Crippen molar-refractivity contribution < 1.29 is 14.1 Å². The minimum atomic E-state index is -0.353. The summed E-state index contributed by atoms with van der Waals surface area (Å²) in [5.41, 5.74) is 5.04. The molecular formula is C26H22N6O3. The summed E-state index contributed by atoms with van der Waals surface area (Å²) in [4.78, 5) is 17.8. The Bertz CT molecular complexity index is 1660. The van der Waals surface area contributed by atoms with Crippen LogP contribution in [0.5, 0.6) is 5.75 Å². The monoisotopic (exact) mass is 466 g/mol. The van der Waals surface area contributed by atoms with Gasteiger partial charge in [0, 0.05) is 10.8 Å². The number of rotatable bonds is 5. The fourth-order valence-electron chi connectivity index (χ4n) is 4.34. The predicted molar refractivity (Wildman–Crippen MR) is 131 cm³/mol. The lowest BCUT2D eigenvalue weighted by Gasteiger charge is -2.12. The van der Waals surface area contributed by atoms with E-state index < -0.39 is 0 Å². The number of benzene rings is 2. The van der Waals surface area contributed by atoms with Crippen LogP contribution in [-0.2, 0) is 11.2 Å². The van der Waals surface area contributed by atoms with Crippen molar-refractivity contribution in [2.45, 2.75) is 27.2 Å². The second kappa shape index (κ2) is 8.57. The summed E-state index contributed by atoms with van der Waals surface area (Å²) in [6, 6.07) is 13.5. The van der Waals surface area contributed by atoms with E-state index in [9.17, 15) is 10.1 Å². The number of hydrogen-bond donors (Lipinski definition) is 1. The van der Waals surface area contributed by atoms with Gasteiger partial charge in [0.25, 0.3) is 0 Å². The molecule has 0 bridgehead atoms. The molecule has 174 valence electrons. The minimum absolute atomic E-state index is 0.0229. The van der Waals surface area contributed by atoms with Crippen LogP contribution in [0.3, 0.4) is 0 Å². The third kappa shape index (κ3) is 3.85. The molecule has 3 aromatic heterocycles. The van der Waals surface area contributed by atoms with Crippen molar-refractivity contribution in [1.29, 1.82) is 5.26 Å². The lowest BCUT2D eigenvalue weighted by atomic mass is 10.0. The van der Waals surface area contributed by atoms with Gasteiger partial charge in [-0.05, 0) is 55.7 Å². The van der Waals surface area contributed by atoms with E-state index in [2.05, 4.69) is 21.6 Å². The van der Waals surface area contributed by atoms with Gasteiger partial charge in [0.15, 0.2) is 17.2 Å². The van der Waals surface area contributed by atoms with Crippen LogP contribution in [0, 0.1) is 32.1 Å². The van der Waals surface area contributed by atoms with Gasteiger partial charge in [0.05, 0.1) is 19.7 Å². The number of ether oxygens (including phenoxy) is 1. The topological polar surface area (TPSA) is 119 Å². The molecule has 3 heterocycles. The Balaban J connectivity index is 1.52. The summed E-state index contributed by atoms with van der Waals surface area (Å²) in [7, 11) is 1.59. The first kappa shape index (κ1) is 22.1. The van der Waals surface area contributed by atoms with Gasteiger partial charge in [-0.15, -0.1) is 0 Å². The highest BCUT2D eigenvalue weighted by atomic mass is 16.5. The molecule has 5 aromatic rings. The van der Waals surface area contributed by atoms with Crippen molar-refractivity contribution in [2.24, 2.45) is 0 Å². The standard InChI is InChI=1S/C26H22N6O3/c1-14-8-16(3)24-19(31-35-21(24)9-14)11-23(33)30-26-17(12-27)13-28-32(26)22-10-15(2)18-6-5-7-20(34-4)25(18)29-22/h5-10,13H,11H2,1-4H3,(H,30,33). The molecule has 0 aliphatic heterocycles. The van der Waals surface area contributed by atoms with Crippen LogP contribution in [0.4, 0.5) is 5.82 Å². The summed E-state index contributed by atoms with van der Waals surface area (Å²) >= 11 is 0. The molecule has 9 nitrogen and oxygen atoms in total. The fourth-order valence-corrected chi connectivity index (χ4v) is 4.34. The Labute approximate surface area is 200 Å². The van der Waals surface area contributed by atoms with Gasteiger partial charge in [-0.3, -0.25) is 4.79 Å². The number of carbonyl (C=O) groups is 1. The zero-order valence-corrected chi connectivity index (χ0v) is 19.7. The smallest absolute Gasteiger partial charge is 0.231 e. The summed E-state index contributed by atoms with van der Waals surface area (Å²) < 4.78 is 12.4. The highest BCUT2D eigenvalue weighted by Crippen LogP contribution is 2.29. The molecule has 1 N–H and O–H groups in total. The number of aryl methyl sites for hydroxylation is 3. The maximum atomic E-state index is 13.0. The number of para-hydroxylation sites is 1. The quantitative estimate of drug-likeness (QED) is 0.404. The van der Waals surface area contributed by atoms with Crippen molar-refractivity contribution in [3.63, 3.8) is 0 Å². The molecule has 0 unspecified atom stereocenters. The third-order valence-electron chi connectivity index (χ3n) is 5.89. The summed E-state index contributed by atoms with van der Waals surface area (Å²) in [6.07, 6.45) is 1.38. The van der Waals surface area contributed by atoms with Crippen molar-refractivity contribution in [1.82, 2.24) is 19.9 Å². The minimum Gasteiger partial charge on any atom is -0.494 e. The van der Waals surface area contributed by atoms with Gasteiger partial charge in [-0.2, -0.15) is 15.0 Å². The van der Waals surface area contributed by atoms with Crippen LogP contribution in [0.15, 0.2) is 47.1 Å². The van der Waals surface area contributed by atoms with E-state index in [1.165, 1.54) is 10.9 Å². The van der Waals surface area contributed by atoms with Gasteiger partial charge >= 0.3 is 0 Å². The molecule has 0 spiro atoms. The fraction of sp³-hybridized carbons (Fsp3) is 0.192. The Morgan fingerprint density at radius 3 is 2.80 bits per heavy atom. The number of anilines is 1. The number of amides is 1. The first-order valence-corrected chi connectivity index (χ1v) is 11.0. The molecule has 0 fully saturated rings. The lowest BCUT2D eigenvalue weighted by molar-refractivity contribution is -0.115. The molecule has 0 aliphatic rings. The maximum absolute atomic E-state index is 13.0. The highest BCUT2D eigenvalue weighted by Gasteiger charge is 2.20. The Morgan fingerprint density at radius 1 is 1.20 bits per heavy atom. The normalized spacial score (nSPS) is 11.1. The number of fused-ring (bicyclic) bond motifs is 2. The van der Waals surface area contributed by atoms with E-state index >= 15 is 0 Å². The second-order valence-electron chi connectivity index (χ2n) is 8.39. The average Bonchev–Trinajstić information content (AvgIpc) is 3.42. The first-order chi connectivity index (χ1) is 16.9. The zero-order valence-electron chi connectivity index (χ0n) is 19.7. The summed E-state index contributed by atoms with van der Waals surface area (Å²) in [5, 5.41) is 22.7. The van der Waals surface area contributed by atoms with E-state index in [0.717, 1.165) is 27.5 Å². The number of hydrogen-bond acceptors (Lipinski definition) is 7. The van der Waals surface area contributed by atoms with E-state index in [0.29, 0.717) is 28.4 Å². The van der Waals surface area contributed by atoms with Crippen molar-refractivity contribution >= 4 is 33.6 Å². The molecule has 35 heavy (non-hydrogen) atoms. The van der Waals surface area contributed by atoms with E-state index in [-0.39, 0.29) is 23.7 Å². The number of carbonyl (C=O) groups excluding carboxylic acids is 1. The Hall–Kier alpha value is -4.71. The molecule has 1 amide bonds. The third-order valence-corrected chi connectivity index (χ3v) is 5.89. The van der Waals surface area contributed by atoms with Crippen molar-refractivity contribution in [3.05, 3.63) is 70.5 Å². The Kier molecular flexibility index (Phi) is 5.41. The number of methoxy groups -OCH3 is 1. The van der Waals surface area contributed by atoms with E-state index in [1.807, 2.05) is 57.2 Å². The Morgan fingerprint density at radius 2 is 2.03 bits per heavy atom. The SMILES string of the molecule is COc1cccc2c(C)cc(-n3ncc(C#N)c3NC(=O)Cc3noc4cc(C)cc(C)c34)nc12. The highest BCUT2D eigenvalue weighted by molar-refractivity contribution is 5.96. The largest absolute Gasteiger partial charge is 0.494 e. The summed E-state index contributed by atoms with van der Waals surface area (Å²) in [5.74, 6) is 0.955. The average molecular weight is 467 g/mol. The summed E-state index contributed by atoms with van der Waals surface area (Å²) in [6.45, 7) is 5.89. The predicted octanol–water partition coefficient (Wildman–Crippen LogP) is 4.55. The lowest BCUT2D eigenvalue weighted by Crippen LogP contribution is -2.18. The first-order valence-electron chi connectivity index (χ1n) is 11.0. The van der Waals surface area contributed by atoms with Crippen LogP contribution in [0.1, 0.15) is 27.9 Å². The molecule has 2 aromatic carbocycles. The number of nitrogens with zero attached hydrogens (tertiary/aromatic N) is 5. The number of nitrogens with one attached hydrogen (secondary N) is 1. The van der Waals surface area contributed by atoms with Gasteiger partial charge in [0.1, 0.15) is 28.6 Å². The van der Waals surface area contributed by atoms with Crippen LogP contribution in [0.25, 0.3) is 27.7 Å². The molecule has 0 saturated carbocycles. The van der Waals surface area contributed by atoms with Crippen LogP contribution in [-0.4, -0.2) is 32.9 Å². The van der Waals surface area contributed by atoms with Gasteiger partial charge in [-0.1, -0.05) is 23.4 Å². The van der Waals surface area contributed by atoms with Crippen molar-refractivity contribution in [3.8, 4) is 17.6 Å². The number of aromatic nitrogens is 4. The van der Waals surface area contributed by atoms with Crippen LogP contribution >= 0.6 is 0 Å². The molecular weight excluding hydrogens is 444 g/mol. The molecule has 0 radical (unpaired) electrons. The number of nitriles is 1. The maximum Gasteiger partial charge on any atom is 0.231 e. The molecule has 0 saturated heterocycles. The van der Waals surface area contributed by atoms with E-state index in [1.54, 1.807) is 7.11 Å². The van der Waals surface area contributed by atoms with Gasteiger partial charge in [0.2, 0.25) is 5.91 Å². The van der Waals surface area contributed by atoms with Crippen LogP contribution < -0.4 is 10.1 Å². The number of pyridine rings is 1. The molecule has 9 heteroatoms. The van der Waals surface area contributed by atoms with Gasteiger partial charge < -0.3 is 14.6 Å². The zero-order chi connectivity index (χ0) is 24.7. The van der Waals surface area contributed by atoms with E-state index in [4.69, 9.17) is 14.2 Å².